The predicted molar refractivity (Wildman–Crippen MR) is 146 cm³/mol. The molecule has 8 heteroatoms. The van der Waals surface area contributed by atoms with Gasteiger partial charge in [-0.15, -0.1) is 0 Å². The Morgan fingerprint density at radius 2 is 1.79 bits per heavy atom. The molecule has 1 aliphatic rings. The summed E-state index contributed by atoms with van der Waals surface area (Å²) in [5, 5.41) is 0.771. The van der Waals surface area contributed by atoms with Gasteiger partial charge in [0.15, 0.2) is 16.9 Å². The van der Waals surface area contributed by atoms with Gasteiger partial charge in [0.05, 0.1) is 31.2 Å². The van der Waals surface area contributed by atoms with Gasteiger partial charge >= 0.3 is 0 Å². The second-order valence-corrected chi connectivity index (χ2v) is 9.37. The fourth-order valence-corrected chi connectivity index (χ4v) is 4.86. The lowest BCUT2D eigenvalue weighted by Crippen LogP contribution is -2.29. The van der Waals surface area contributed by atoms with Gasteiger partial charge < -0.3 is 23.5 Å². The first-order chi connectivity index (χ1) is 18.4. The van der Waals surface area contributed by atoms with Gasteiger partial charge in [0.25, 0.3) is 5.91 Å². The summed E-state index contributed by atoms with van der Waals surface area (Å²) in [7, 11) is 3.13. The zero-order chi connectivity index (χ0) is 27.0. The Kier molecular flexibility index (Phi) is 6.87. The molecule has 1 unspecified atom stereocenters. The highest BCUT2D eigenvalue weighted by Crippen LogP contribution is 2.42. The van der Waals surface area contributed by atoms with E-state index in [-0.39, 0.29) is 29.2 Å². The van der Waals surface area contributed by atoms with Crippen molar-refractivity contribution in [2.24, 2.45) is 0 Å². The van der Waals surface area contributed by atoms with Crippen LogP contribution in [0.3, 0.4) is 0 Å². The number of benzene rings is 3. The Balaban J connectivity index is 1.69. The molecule has 1 amide bonds. The van der Waals surface area contributed by atoms with Gasteiger partial charge in [0.2, 0.25) is 5.76 Å². The molecule has 0 saturated heterocycles. The molecule has 0 spiro atoms. The summed E-state index contributed by atoms with van der Waals surface area (Å²) in [4.78, 5) is 29.3. The van der Waals surface area contributed by atoms with Crippen LogP contribution in [0.5, 0.6) is 17.2 Å². The normalized spacial score (nSPS) is 14.5. The van der Waals surface area contributed by atoms with E-state index < -0.39 is 6.04 Å². The third-order valence-corrected chi connectivity index (χ3v) is 7.03. The molecule has 1 atom stereocenters. The van der Waals surface area contributed by atoms with E-state index in [0.29, 0.717) is 45.4 Å². The number of nitrogens with zero attached hydrogens (tertiary/aromatic N) is 1. The first-order valence-corrected chi connectivity index (χ1v) is 12.4. The zero-order valence-corrected chi connectivity index (χ0v) is 22.0. The van der Waals surface area contributed by atoms with E-state index in [1.54, 1.807) is 42.4 Å². The van der Waals surface area contributed by atoms with Crippen molar-refractivity contribution in [3.63, 3.8) is 0 Å². The number of hydrogen-bond acceptors (Lipinski definition) is 6. The largest absolute Gasteiger partial charge is 0.497 e. The Morgan fingerprint density at radius 3 is 2.47 bits per heavy atom. The van der Waals surface area contributed by atoms with E-state index in [0.717, 1.165) is 11.1 Å². The number of hydrogen-bond donors (Lipinski definition) is 0. The summed E-state index contributed by atoms with van der Waals surface area (Å²) in [5.41, 5.74) is 2.57. The number of ether oxygens (including phenoxy) is 3. The van der Waals surface area contributed by atoms with Crippen molar-refractivity contribution >= 4 is 28.5 Å². The third kappa shape index (κ3) is 4.39. The van der Waals surface area contributed by atoms with E-state index in [9.17, 15) is 9.59 Å². The van der Waals surface area contributed by atoms with E-state index in [2.05, 4.69) is 6.58 Å². The van der Waals surface area contributed by atoms with Crippen LogP contribution in [0.25, 0.3) is 11.0 Å². The average molecular weight is 532 g/mol. The molecule has 0 saturated carbocycles. The van der Waals surface area contributed by atoms with Crippen LogP contribution in [0.15, 0.2) is 76.5 Å². The molecular formula is C30H26ClNO6. The Labute approximate surface area is 224 Å². The smallest absolute Gasteiger partial charge is 0.291 e. The minimum Gasteiger partial charge on any atom is -0.497 e. The third-order valence-electron chi connectivity index (χ3n) is 6.62. The van der Waals surface area contributed by atoms with E-state index in [1.165, 1.54) is 7.11 Å². The van der Waals surface area contributed by atoms with Crippen LogP contribution in [0.2, 0.25) is 5.02 Å². The molecule has 0 bridgehead atoms. The van der Waals surface area contributed by atoms with Crippen LogP contribution in [-0.4, -0.2) is 31.6 Å². The summed E-state index contributed by atoms with van der Waals surface area (Å²) in [5.74, 6) is 1.34. The Morgan fingerprint density at radius 1 is 1.03 bits per heavy atom. The minimum absolute atomic E-state index is 0.0219. The number of rotatable bonds is 8. The van der Waals surface area contributed by atoms with Crippen molar-refractivity contribution in [3.05, 3.63) is 111 Å². The molecule has 2 heterocycles. The number of halogens is 1. The maximum absolute atomic E-state index is 13.9. The number of carbonyl (C=O) groups excluding carboxylic acids is 1. The van der Waals surface area contributed by atoms with Crippen molar-refractivity contribution in [2.45, 2.75) is 19.5 Å². The summed E-state index contributed by atoms with van der Waals surface area (Å²) in [6.45, 7) is 6.04. The molecule has 38 heavy (non-hydrogen) atoms. The molecule has 194 valence electrons. The summed E-state index contributed by atoms with van der Waals surface area (Å²) in [6, 6.07) is 15.3. The molecule has 0 radical (unpaired) electrons. The quantitative estimate of drug-likeness (QED) is 0.256. The van der Waals surface area contributed by atoms with Crippen molar-refractivity contribution in [1.29, 1.82) is 0 Å². The van der Waals surface area contributed by atoms with E-state index in [1.807, 2.05) is 37.3 Å². The molecule has 0 N–H and O–H groups in total. The van der Waals surface area contributed by atoms with Gasteiger partial charge in [-0.1, -0.05) is 42.5 Å². The van der Waals surface area contributed by atoms with Crippen molar-refractivity contribution < 1.29 is 23.4 Å². The van der Waals surface area contributed by atoms with Gasteiger partial charge in [-0.05, 0) is 60.0 Å². The van der Waals surface area contributed by atoms with Crippen LogP contribution >= 0.6 is 11.6 Å². The fourth-order valence-electron chi connectivity index (χ4n) is 4.70. The lowest BCUT2D eigenvalue weighted by Gasteiger charge is -2.26. The molecule has 7 nitrogen and oxygen atoms in total. The maximum Gasteiger partial charge on any atom is 0.291 e. The summed E-state index contributed by atoms with van der Waals surface area (Å²) < 4.78 is 22.6. The van der Waals surface area contributed by atoms with Gasteiger partial charge in [0, 0.05) is 11.6 Å². The van der Waals surface area contributed by atoms with Crippen LogP contribution in [0.1, 0.15) is 38.9 Å². The SMILES string of the molecule is C=CCOc1ccc(C2c3c(oc4cc(C)c(Cl)cc4c3=O)C(=O)N2Cc2ccc(OC)cc2)cc1OC. The van der Waals surface area contributed by atoms with E-state index >= 15 is 0 Å². The first-order valence-electron chi connectivity index (χ1n) is 12.0. The minimum atomic E-state index is -0.720. The first kappa shape index (κ1) is 25.4. The van der Waals surface area contributed by atoms with Crippen LogP contribution in [0, 0.1) is 6.92 Å². The molecular weight excluding hydrogens is 506 g/mol. The zero-order valence-electron chi connectivity index (χ0n) is 21.2. The van der Waals surface area contributed by atoms with Gasteiger partial charge in [0.1, 0.15) is 17.9 Å². The molecule has 0 fully saturated rings. The molecule has 0 aliphatic carbocycles. The summed E-state index contributed by atoms with van der Waals surface area (Å²) >= 11 is 6.35. The Hall–Kier alpha value is -4.23. The van der Waals surface area contributed by atoms with Crippen LogP contribution in [-0.2, 0) is 6.54 Å². The fraction of sp³-hybridized carbons (Fsp3) is 0.200. The number of carbonyl (C=O) groups is 1. The Bertz CT molecular complexity index is 1610. The monoisotopic (exact) mass is 531 g/mol. The highest BCUT2D eigenvalue weighted by molar-refractivity contribution is 6.32. The molecule has 1 aliphatic heterocycles. The molecule has 3 aromatic carbocycles. The molecule has 5 rings (SSSR count). The van der Waals surface area contributed by atoms with Crippen molar-refractivity contribution in [1.82, 2.24) is 4.90 Å². The maximum atomic E-state index is 13.9. The lowest BCUT2D eigenvalue weighted by atomic mass is 9.97. The number of fused-ring (bicyclic) bond motifs is 2. The molecule has 4 aromatic rings. The number of aryl methyl sites for hydroxylation is 1. The topological polar surface area (TPSA) is 78.2 Å². The van der Waals surface area contributed by atoms with Crippen molar-refractivity contribution in [2.75, 3.05) is 20.8 Å². The summed E-state index contributed by atoms with van der Waals surface area (Å²) in [6.07, 6.45) is 1.64. The lowest BCUT2D eigenvalue weighted by molar-refractivity contribution is 0.0714. The van der Waals surface area contributed by atoms with Gasteiger partial charge in [-0.25, -0.2) is 0 Å². The van der Waals surface area contributed by atoms with Crippen LogP contribution in [0.4, 0.5) is 0 Å². The van der Waals surface area contributed by atoms with Crippen molar-refractivity contribution in [3.8, 4) is 17.2 Å². The highest BCUT2D eigenvalue weighted by Gasteiger charge is 2.43. The second kappa shape index (κ2) is 10.3. The highest BCUT2D eigenvalue weighted by atomic mass is 35.5. The standard InChI is InChI=1S/C30H26ClNO6/c1-5-12-37-23-11-8-19(14-25(23)36-4)27-26-28(33)21-15-22(31)17(2)13-24(21)38-29(26)30(34)32(27)16-18-6-9-20(35-3)10-7-18/h5-11,13-15,27H,1,12,16H2,2-4H3. The van der Waals surface area contributed by atoms with Gasteiger partial charge in [-0.2, -0.15) is 0 Å². The predicted octanol–water partition coefficient (Wildman–Crippen LogP) is 6.08. The number of methoxy groups -OCH3 is 2. The average Bonchev–Trinajstić information content (AvgIpc) is 3.20. The number of amides is 1. The van der Waals surface area contributed by atoms with Gasteiger partial charge in [-0.3, -0.25) is 9.59 Å². The van der Waals surface area contributed by atoms with Crippen LogP contribution < -0.4 is 19.6 Å². The van der Waals surface area contributed by atoms with E-state index in [4.69, 9.17) is 30.2 Å². The second-order valence-electron chi connectivity index (χ2n) is 8.97. The molecule has 1 aromatic heterocycles.